The maximum atomic E-state index is 6.05. The van der Waals surface area contributed by atoms with Gasteiger partial charge in [-0.3, -0.25) is 0 Å². The number of benzene rings is 2. The fourth-order valence-corrected chi connectivity index (χ4v) is 2.41. The van der Waals surface area contributed by atoms with E-state index in [9.17, 15) is 0 Å². The van der Waals surface area contributed by atoms with Crippen molar-refractivity contribution in [2.75, 3.05) is 14.2 Å². The fourth-order valence-electron chi connectivity index (χ4n) is 2.41. The summed E-state index contributed by atoms with van der Waals surface area (Å²) in [5, 5.41) is 0. The first-order valence-corrected chi connectivity index (χ1v) is 7.10. The lowest BCUT2D eigenvalue weighted by molar-refractivity contribution is 0.415. The van der Waals surface area contributed by atoms with Gasteiger partial charge in [-0.1, -0.05) is 0 Å². The predicted molar refractivity (Wildman–Crippen MR) is 87.4 cm³/mol. The zero-order valence-corrected chi connectivity index (χ0v) is 12.9. The van der Waals surface area contributed by atoms with Crippen molar-refractivity contribution >= 4 is 0 Å². The molecule has 0 aliphatic carbocycles. The molecule has 0 aliphatic heterocycles. The molecule has 0 spiro atoms. The highest BCUT2D eigenvalue weighted by molar-refractivity contribution is 5.68. The van der Waals surface area contributed by atoms with E-state index in [0.29, 0.717) is 0 Å². The van der Waals surface area contributed by atoms with Crippen molar-refractivity contribution in [3.05, 3.63) is 60.2 Å². The Balaban J connectivity index is 1.95. The van der Waals surface area contributed by atoms with Gasteiger partial charge in [0.15, 0.2) is 0 Å². The van der Waals surface area contributed by atoms with Gasteiger partial charge in [-0.25, -0.2) is 0 Å². The minimum Gasteiger partial charge on any atom is -0.497 e. The SMILES string of the molecule is COc1ccc(-c2cc(C)c(-c3ccc(OC)cc3)o2)cc1. The van der Waals surface area contributed by atoms with Gasteiger partial charge in [0.2, 0.25) is 0 Å². The summed E-state index contributed by atoms with van der Waals surface area (Å²) in [7, 11) is 3.32. The van der Waals surface area contributed by atoms with Gasteiger partial charge >= 0.3 is 0 Å². The Kier molecular flexibility index (Phi) is 3.88. The van der Waals surface area contributed by atoms with E-state index in [1.165, 1.54) is 0 Å². The lowest BCUT2D eigenvalue weighted by Gasteiger charge is -2.03. The van der Waals surface area contributed by atoms with Gasteiger partial charge in [-0.05, 0) is 67.1 Å². The third kappa shape index (κ3) is 2.70. The second-order valence-corrected chi connectivity index (χ2v) is 5.08. The third-order valence-electron chi connectivity index (χ3n) is 3.64. The topological polar surface area (TPSA) is 31.6 Å². The van der Waals surface area contributed by atoms with Crippen LogP contribution < -0.4 is 9.47 Å². The molecule has 2 aromatic carbocycles. The molecule has 0 aliphatic rings. The Morgan fingerprint density at radius 2 is 1.23 bits per heavy atom. The highest BCUT2D eigenvalue weighted by atomic mass is 16.5. The smallest absolute Gasteiger partial charge is 0.137 e. The van der Waals surface area contributed by atoms with Crippen LogP contribution in [0.1, 0.15) is 5.56 Å². The van der Waals surface area contributed by atoms with Crippen molar-refractivity contribution in [2.24, 2.45) is 0 Å². The van der Waals surface area contributed by atoms with Crippen molar-refractivity contribution in [1.82, 2.24) is 0 Å². The van der Waals surface area contributed by atoms with Crippen molar-refractivity contribution in [3.8, 4) is 34.1 Å². The molecule has 0 fully saturated rings. The van der Waals surface area contributed by atoms with E-state index in [4.69, 9.17) is 13.9 Å². The fraction of sp³-hybridized carbons (Fsp3) is 0.158. The quantitative estimate of drug-likeness (QED) is 0.683. The Morgan fingerprint density at radius 3 is 1.73 bits per heavy atom. The highest BCUT2D eigenvalue weighted by Gasteiger charge is 2.11. The second kappa shape index (κ2) is 5.98. The summed E-state index contributed by atoms with van der Waals surface area (Å²) in [5.74, 6) is 3.41. The summed E-state index contributed by atoms with van der Waals surface area (Å²) in [6.07, 6.45) is 0. The molecular formula is C19H18O3. The average molecular weight is 294 g/mol. The molecule has 0 atom stereocenters. The van der Waals surface area contributed by atoms with Gasteiger partial charge < -0.3 is 13.9 Å². The molecule has 0 bridgehead atoms. The summed E-state index contributed by atoms with van der Waals surface area (Å²) in [4.78, 5) is 0. The lowest BCUT2D eigenvalue weighted by atomic mass is 10.1. The van der Waals surface area contributed by atoms with Crippen LogP contribution in [0.3, 0.4) is 0 Å². The molecule has 3 heteroatoms. The van der Waals surface area contributed by atoms with Crippen LogP contribution in [-0.2, 0) is 0 Å². The summed E-state index contributed by atoms with van der Waals surface area (Å²) in [5.41, 5.74) is 3.18. The number of hydrogen-bond acceptors (Lipinski definition) is 3. The van der Waals surface area contributed by atoms with E-state index in [1.54, 1.807) is 14.2 Å². The molecule has 3 nitrogen and oxygen atoms in total. The van der Waals surface area contributed by atoms with Crippen LogP contribution in [-0.4, -0.2) is 14.2 Å². The number of hydrogen-bond donors (Lipinski definition) is 0. The van der Waals surface area contributed by atoms with E-state index in [1.807, 2.05) is 48.5 Å². The first-order valence-electron chi connectivity index (χ1n) is 7.10. The van der Waals surface area contributed by atoms with Crippen LogP contribution in [0.5, 0.6) is 11.5 Å². The molecule has 0 amide bonds. The Morgan fingerprint density at radius 1 is 0.727 bits per heavy atom. The Bertz CT molecular complexity index is 752. The van der Waals surface area contributed by atoms with Crippen molar-refractivity contribution in [3.63, 3.8) is 0 Å². The number of methoxy groups -OCH3 is 2. The molecular weight excluding hydrogens is 276 g/mol. The average Bonchev–Trinajstić information content (AvgIpc) is 2.97. The van der Waals surface area contributed by atoms with E-state index >= 15 is 0 Å². The zero-order valence-electron chi connectivity index (χ0n) is 12.9. The third-order valence-corrected chi connectivity index (χ3v) is 3.64. The van der Waals surface area contributed by atoms with Crippen LogP contribution in [0.2, 0.25) is 0 Å². The van der Waals surface area contributed by atoms with Gasteiger partial charge in [-0.15, -0.1) is 0 Å². The lowest BCUT2D eigenvalue weighted by Crippen LogP contribution is -1.82. The molecule has 1 heterocycles. The predicted octanol–water partition coefficient (Wildman–Crippen LogP) is 4.94. The Hall–Kier alpha value is -2.68. The molecule has 0 unspecified atom stereocenters. The molecule has 1 aromatic heterocycles. The standard InChI is InChI=1S/C19H18O3/c1-13-12-18(14-4-8-16(20-2)9-5-14)22-19(13)15-6-10-17(21-3)11-7-15/h4-12H,1-3H3. The van der Waals surface area contributed by atoms with Gasteiger partial charge in [0.1, 0.15) is 23.0 Å². The van der Waals surface area contributed by atoms with E-state index in [2.05, 4.69) is 13.0 Å². The van der Waals surface area contributed by atoms with Gasteiger partial charge in [-0.2, -0.15) is 0 Å². The normalized spacial score (nSPS) is 10.5. The maximum absolute atomic E-state index is 6.05. The number of ether oxygens (including phenoxy) is 2. The minimum absolute atomic E-state index is 0.836. The summed E-state index contributed by atoms with van der Waals surface area (Å²) in [6.45, 7) is 2.05. The van der Waals surface area contributed by atoms with Crippen molar-refractivity contribution in [2.45, 2.75) is 6.92 Å². The maximum Gasteiger partial charge on any atom is 0.137 e. The highest BCUT2D eigenvalue weighted by Crippen LogP contribution is 2.33. The molecule has 3 rings (SSSR count). The van der Waals surface area contributed by atoms with Crippen molar-refractivity contribution in [1.29, 1.82) is 0 Å². The van der Waals surface area contributed by atoms with E-state index in [0.717, 1.165) is 39.7 Å². The molecule has 3 aromatic rings. The van der Waals surface area contributed by atoms with Gasteiger partial charge in [0.25, 0.3) is 0 Å². The zero-order chi connectivity index (χ0) is 15.5. The number of rotatable bonds is 4. The van der Waals surface area contributed by atoms with Crippen molar-refractivity contribution < 1.29 is 13.9 Å². The molecule has 0 saturated carbocycles. The summed E-state index contributed by atoms with van der Waals surface area (Å²) < 4.78 is 16.4. The number of furan rings is 1. The molecule has 0 radical (unpaired) electrons. The van der Waals surface area contributed by atoms with Crippen LogP contribution in [0.4, 0.5) is 0 Å². The van der Waals surface area contributed by atoms with Gasteiger partial charge in [0, 0.05) is 11.1 Å². The minimum atomic E-state index is 0.836. The van der Waals surface area contributed by atoms with E-state index in [-0.39, 0.29) is 0 Å². The largest absolute Gasteiger partial charge is 0.497 e. The van der Waals surface area contributed by atoms with Crippen LogP contribution >= 0.6 is 0 Å². The van der Waals surface area contributed by atoms with Crippen LogP contribution in [0.25, 0.3) is 22.6 Å². The monoisotopic (exact) mass is 294 g/mol. The van der Waals surface area contributed by atoms with Crippen LogP contribution in [0.15, 0.2) is 59.0 Å². The molecule has 22 heavy (non-hydrogen) atoms. The van der Waals surface area contributed by atoms with Crippen LogP contribution in [0, 0.1) is 6.92 Å². The van der Waals surface area contributed by atoms with E-state index < -0.39 is 0 Å². The summed E-state index contributed by atoms with van der Waals surface area (Å²) >= 11 is 0. The first kappa shape index (κ1) is 14.3. The second-order valence-electron chi connectivity index (χ2n) is 5.08. The first-order chi connectivity index (χ1) is 10.7. The molecule has 0 saturated heterocycles. The Labute approximate surface area is 130 Å². The molecule has 112 valence electrons. The number of aryl methyl sites for hydroxylation is 1. The molecule has 0 N–H and O–H groups in total. The summed E-state index contributed by atoms with van der Waals surface area (Å²) in [6, 6.07) is 17.8. The van der Waals surface area contributed by atoms with Gasteiger partial charge in [0.05, 0.1) is 14.2 Å².